The van der Waals surface area contributed by atoms with E-state index in [9.17, 15) is 9.90 Å². The summed E-state index contributed by atoms with van der Waals surface area (Å²) < 4.78 is 5.25. The van der Waals surface area contributed by atoms with E-state index in [1.807, 2.05) is 37.3 Å². The van der Waals surface area contributed by atoms with Crippen LogP contribution in [0.1, 0.15) is 31.4 Å². The second kappa shape index (κ2) is 8.66. The summed E-state index contributed by atoms with van der Waals surface area (Å²) in [6, 6.07) is 9.09. The second-order valence-electron chi connectivity index (χ2n) is 4.08. The second-order valence-corrected chi connectivity index (χ2v) is 4.08. The maximum Gasteiger partial charge on any atom is 0.222 e. The zero-order valence-electron chi connectivity index (χ0n) is 10.8. The van der Waals surface area contributed by atoms with Gasteiger partial charge in [-0.3, -0.25) is 4.79 Å². The molecule has 4 nitrogen and oxygen atoms in total. The van der Waals surface area contributed by atoms with Crippen molar-refractivity contribution in [1.82, 2.24) is 5.32 Å². The van der Waals surface area contributed by atoms with Crippen LogP contribution in [0.4, 0.5) is 0 Å². The molecule has 0 aliphatic carbocycles. The van der Waals surface area contributed by atoms with Crippen molar-refractivity contribution >= 4 is 5.91 Å². The third kappa shape index (κ3) is 5.29. The molecule has 1 aromatic carbocycles. The molecule has 1 atom stereocenters. The minimum Gasteiger partial charge on any atom is -0.394 e. The van der Waals surface area contributed by atoms with Crippen LogP contribution in [0.25, 0.3) is 0 Å². The fraction of sp³-hybridized carbons (Fsp3) is 0.500. The number of aliphatic hydroxyl groups is 1. The molecule has 0 heterocycles. The van der Waals surface area contributed by atoms with E-state index < -0.39 is 0 Å². The van der Waals surface area contributed by atoms with Crippen molar-refractivity contribution in [3.63, 3.8) is 0 Å². The Kier molecular flexibility index (Phi) is 7.06. The van der Waals surface area contributed by atoms with Gasteiger partial charge in [0.05, 0.1) is 19.3 Å². The van der Waals surface area contributed by atoms with Gasteiger partial charge in [-0.15, -0.1) is 0 Å². The molecular weight excluding hydrogens is 230 g/mol. The van der Waals surface area contributed by atoms with E-state index in [1.54, 1.807) is 0 Å². The van der Waals surface area contributed by atoms with Crippen LogP contribution in [0, 0.1) is 0 Å². The molecule has 0 aromatic heterocycles. The average Bonchev–Trinajstić information content (AvgIpc) is 2.42. The lowest BCUT2D eigenvalue weighted by atomic mass is 10.1. The van der Waals surface area contributed by atoms with Crippen molar-refractivity contribution in [2.45, 2.75) is 25.8 Å². The molecule has 0 radical (unpaired) electrons. The smallest absolute Gasteiger partial charge is 0.222 e. The Morgan fingerprint density at radius 1 is 1.33 bits per heavy atom. The number of hydrogen-bond donors (Lipinski definition) is 2. The van der Waals surface area contributed by atoms with Crippen LogP contribution in [-0.4, -0.2) is 30.8 Å². The van der Waals surface area contributed by atoms with Crippen molar-refractivity contribution in [3.8, 4) is 0 Å². The van der Waals surface area contributed by atoms with E-state index >= 15 is 0 Å². The highest BCUT2D eigenvalue weighted by atomic mass is 16.5. The van der Waals surface area contributed by atoms with Gasteiger partial charge >= 0.3 is 0 Å². The van der Waals surface area contributed by atoms with Gasteiger partial charge < -0.3 is 15.2 Å². The Balaban J connectivity index is 2.37. The summed E-state index contributed by atoms with van der Waals surface area (Å²) in [4.78, 5) is 11.6. The fourth-order valence-corrected chi connectivity index (χ4v) is 1.60. The van der Waals surface area contributed by atoms with Crippen LogP contribution in [0.5, 0.6) is 0 Å². The molecular formula is C14H21NO3. The van der Waals surface area contributed by atoms with Crippen LogP contribution in [0.15, 0.2) is 30.3 Å². The maximum absolute atomic E-state index is 11.6. The van der Waals surface area contributed by atoms with E-state index in [4.69, 9.17) is 4.74 Å². The molecule has 18 heavy (non-hydrogen) atoms. The quantitative estimate of drug-likeness (QED) is 0.691. The summed E-state index contributed by atoms with van der Waals surface area (Å²) in [7, 11) is 0. The Morgan fingerprint density at radius 3 is 2.67 bits per heavy atom. The lowest BCUT2D eigenvalue weighted by molar-refractivity contribution is -0.123. The standard InChI is InChI=1S/C14H21NO3/c1-2-9-18-10-8-14(17)15-13(11-16)12-6-4-3-5-7-12/h3-7,13,16H,2,8-11H2,1H3,(H,15,17)/t13-/m0/s1. The molecule has 0 saturated heterocycles. The predicted octanol–water partition coefficient (Wildman–Crippen LogP) is 1.65. The van der Waals surface area contributed by atoms with Crippen LogP contribution >= 0.6 is 0 Å². The summed E-state index contributed by atoms with van der Waals surface area (Å²) in [5.74, 6) is -0.103. The molecule has 0 fully saturated rings. The maximum atomic E-state index is 11.6. The first-order chi connectivity index (χ1) is 8.77. The molecule has 1 aromatic rings. The summed E-state index contributed by atoms with van der Waals surface area (Å²) in [5.41, 5.74) is 0.905. The third-order valence-corrected chi connectivity index (χ3v) is 2.54. The average molecular weight is 251 g/mol. The zero-order chi connectivity index (χ0) is 13.2. The van der Waals surface area contributed by atoms with Crippen LogP contribution < -0.4 is 5.32 Å². The van der Waals surface area contributed by atoms with E-state index in [0.29, 0.717) is 19.6 Å². The monoisotopic (exact) mass is 251 g/mol. The van der Waals surface area contributed by atoms with Gasteiger partial charge in [-0.2, -0.15) is 0 Å². The number of benzene rings is 1. The Bertz CT molecular complexity index is 340. The predicted molar refractivity (Wildman–Crippen MR) is 70.1 cm³/mol. The fourth-order valence-electron chi connectivity index (χ4n) is 1.60. The largest absolute Gasteiger partial charge is 0.394 e. The van der Waals surface area contributed by atoms with Crippen molar-refractivity contribution in [2.75, 3.05) is 19.8 Å². The van der Waals surface area contributed by atoms with Crippen molar-refractivity contribution in [1.29, 1.82) is 0 Å². The molecule has 0 aliphatic rings. The number of carbonyl (C=O) groups excluding carboxylic acids is 1. The topological polar surface area (TPSA) is 58.6 Å². The highest BCUT2D eigenvalue weighted by molar-refractivity contribution is 5.76. The third-order valence-electron chi connectivity index (χ3n) is 2.54. The van der Waals surface area contributed by atoms with E-state index in [1.165, 1.54) is 0 Å². The van der Waals surface area contributed by atoms with Crippen molar-refractivity contribution in [3.05, 3.63) is 35.9 Å². The van der Waals surface area contributed by atoms with E-state index in [0.717, 1.165) is 12.0 Å². The SMILES string of the molecule is CCCOCCC(=O)N[C@@H](CO)c1ccccc1. The van der Waals surface area contributed by atoms with Gasteiger partial charge in [0.2, 0.25) is 5.91 Å². The molecule has 2 N–H and O–H groups in total. The molecule has 0 saturated carbocycles. The molecule has 1 amide bonds. The van der Waals surface area contributed by atoms with Crippen LogP contribution in [0.2, 0.25) is 0 Å². The number of carbonyl (C=O) groups is 1. The molecule has 1 rings (SSSR count). The van der Waals surface area contributed by atoms with Gasteiger partial charge in [0.1, 0.15) is 0 Å². The van der Waals surface area contributed by atoms with Crippen molar-refractivity contribution in [2.24, 2.45) is 0 Å². The summed E-state index contributed by atoms with van der Waals surface area (Å²) in [5, 5.41) is 12.1. The zero-order valence-corrected chi connectivity index (χ0v) is 10.8. The minimum atomic E-state index is -0.343. The first-order valence-electron chi connectivity index (χ1n) is 6.30. The normalized spacial score (nSPS) is 12.1. The number of amides is 1. The van der Waals surface area contributed by atoms with E-state index in [2.05, 4.69) is 5.32 Å². The highest BCUT2D eigenvalue weighted by Gasteiger charge is 2.12. The van der Waals surface area contributed by atoms with Crippen LogP contribution in [-0.2, 0) is 9.53 Å². The Morgan fingerprint density at radius 2 is 2.06 bits per heavy atom. The van der Waals surface area contributed by atoms with Gasteiger partial charge in [0, 0.05) is 13.0 Å². The lowest BCUT2D eigenvalue weighted by Gasteiger charge is -2.16. The van der Waals surface area contributed by atoms with Gasteiger partial charge in [0.25, 0.3) is 0 Å². The number of nitrogens with one attached hydrogen (secondary N) is 1. The molecule has 0 aliphatic heterocycles. The van der Waals surface area contributed by atoms with Crippen LogP contribution in [0.3, 0.4) is 0 Å². The number of ether oxygens (including phenoxy) is 1. The minimum absolute atomic E-state index is 0.103. The number of hydrogen-bond acceptors (Lipinski definition) is 3. The first-order valence-corrected chi connectivity index (χ1v) is 6.30. The summed E-state index contributed by atoms with van der Waals surface area (Å²) in [6.07, 6.45) is 1.27. The Labute approximate surface area is 108 Å². The van der Waals surface area contributed by atoms with Gasteiger partial charge in [-0.1, -0.05) is 37.3 Å². The summed E-state index contributed by atoms with van der Waals surface area (Å²) in [6.45, 7) is 3.02. The van der Waals surface area contributed by atoms with Gasteiger partial charge in [-0.25, -0.2) is 0 Å². The number of rotatable bonds is 8. The first kappa shape index (κ1) is 14.7. The molecule has 0 bridgehead atoms. The summed E-state index contributed by atoms with van der Waals surface area (Å²) >= 11 is 0. The van der Waals surface area contributed by atoms with Crippen molar-refractivity contribution < 1.29 is 14.6 Å². The van der Waals surface area contributed by atoms with Gasteiger partial charge in [0.15, 0.2) is 0 Å². The molecule has 100 valence electrons. The highest BCUT2D eigenvalue weighted by Crippen LogP contribution is 2.11. The Hall–Kier alpha value is -1.39. The lowest BCUT2D eigenvalue weighted by Crippen LogP contribution is -2.31. The number of aliphatic hydroxyl groups excluding tert-OH is 1. The molecule has 4 heteroatoms. The molecule has 0 unspecified atom stereocenters. The van der Waals surface area contributed by atoms with E-state index in [-0.39, 0.29) is 18.6 Å². The molecule has 0 spiro atoms. The van der Waals surface area contributed by atoms with Gasteiger partial charge in [-0.05, 0) is 12.0 Å².